The van der Waals surface area contributed by atoms with Crippen molar-refractivity contribution in [3.8, 4) is 0 Å². The van der Waals surface area contributed by atoms with Crippen molar-refractivity contribution < 1.29 is 27.5 Å². The van der Waals surface area contributed by atoms with Crippen LogP contribution in [0, 0.1) is 0 Å². The van der Waals surface area contributed by atoms with Gasteiger partial charge in [-0.3, -0.25) is 0 Å². The maximum atomic E-state index is 12.6. The molecule has 7 nitrogen and oxygen atoms in total. The highest BCUT2D eigenvalue weighted by molar-refractivity contribution is 7.89. The number of ether oxygens (including phenoxy) is 1. The van der Waals surface area contributed by atoms with Gasteiger partial charge in [0.2, 0.25) is 10.0 Å². The topological polar surface area (TPSA) is 97.0 Å². The monoisotopic (exact) mass is 343 g/mol. The quantitative estimate of drug-likeness (QED) is 0.909. The second kappa shape index (κ2) is 5.84. The van der Waals surface area contributed by atoms with Crippen LogP contribution in [0.15, 0.2) is 39.2 Å². The number of hydrogen-bond donors (Lipinski definition) is 1. The maximum absolute atomic E-state index is 12.6. The number of nitrogens with zero attached hydrogens (tertiary/aromatic N) is 1. The van der Waals surface area contributed by atoms with Crippen LogP contribution >= 0.6 is 11.3 Å². The van der Waals surface area contributed by atoms with Gasteiger partial charge in [-0.05, 0) is 18.2 Å². The number of hydrogen-bond acceptors (Lipinski definition) is 6. The number of thiophene rings is 1. The van der Waals surface area contributed by atoms with Crippen LogP contribution in [0.5, 0.6) is 0 Å². The molecule has 3 heterocycles. The van der Waals surface area contributed by atoms with Crippen LogP contribution in [0.1, 0.15) is 21.5 Å². The summed E-state index contributed by atoms with van der Waals surface area (Å²) in [5.74, 6) is -0.571. The van der Waals surface area contributed by atoms with Crippen molar-refractivity contribution in [3.63, 3.8) is 0 Å². The van der Waals surface area contributed by atoms with Crippen molar-refractivity contribution in [2.75, 3.05) is 19.7 Å². The van der Waals surface area contributed by atoms with Gasteiger partial charge in [-0.15, -0.1) is 11.3 Å². The Morgan fingerprint density at radius 1 is 1.45 bits per heavy atom. The molecule has 9 heteroatoms. The minimum atomic E-state index is -3.74. The molecule has 1 unspecified atom stereocenters. The average molecular weight is 343 g/mol. The molecule has 22 heavy (non-hydrogen) atoms. The highest BCUT2D eigenvalue weighted by Crippen LogP contribution is 2.28. The second-order valence-corrected chi connectivity index (χ2v) is 7.54. The number of morpholine rings is 1. The molecule has 0 saturated carbocycles. The second-order valence-electron chi connectivity index (χ2n) is 4.69. The van der Waals surface area contributed by atoms with Crippen molar-refractivity contribution >= 4 is 27.3 Å². The molecule has 3 rings (SSSR count). The lowest BCUT2D eigenvalue weighted by Gasteiger charge is -2.30. The summed E-state index contributed by atoms with van der Waals surface area (Å²) in [6.07, 6.45) is 1.04. The summed E-state index contributed by atoms with van der Waals surface area (Å²) in [4.78, 5) is 10.9. The average Bonchev–Trinajstić information content (AvgIpc) is 3.19. The number of sulfonamides is 1. The Balaban J connectivity index is 1.83. The first-order valence-electron chi connectivity index (χ1n) is 6.45. The van der Waals surface area contributed by atoms with Crippen molar-refractivity contribution in [2.24, 2.45) is 0 Å². The van der Waals surface area contributed by atoms with E-state index in [9.17, 15) is 13.2 Å². The molecule has 118 valence electrons. The Kier molecular flexibility index (Phi) is 4.04. The number of aromatic carboxylic acids is 1. The Labute approximate surface area is 130 Å². The van der Waals surface area contributed by atoms with E-state index in [1.807, 2.05) is 0 Å². The summed E-state index contributed by atoms with van der Waals surface area (Å²) in [6, 6.07) is 4.62. The number of carboxylic acids is 1. The molecule has 0 aromatic carbocycles. The molecule has 1 aliphatic rings. The van der Waals surface area contributed by atoms with E-state index in [-0.39, 0.29) is 29.5 Å². The molecule has 0 bridgehead atoms. The fourth-order valence-corrected chi connectivity index (χ4v) is 4.73. The predicted molar refractivity (Wildman–Crippen MR) is 77.4 cm³/mol. The fourth-order valence-electron chi connectivity index (χ4n) is 2.21. The zero-order valence-corrected chi connectivity index (χ0v) is 13.0. The standard InChI is InChI=1S/C13H13NO6S2/c15-13(16)12-6-9(8-21-12)22(17,18)14-3-5-20-11(7-14)10-2-1-4-19-10/h1-2,4,6,8,11H,3,5,7H2,(H,15,16). The smallest absolute Gasteiger partial charge is 0.345 e. The highest BCUT2D eigenvalue weighted by atomic mass is 32.2. The predicted octanol–water partition coefficient (Wildman–Crippen LogP) is 1.80. The van der Waals surface area contributed by atoms with Gasteiger partial charge >= 0.3 is 5.97 Å². The van der Waals surface area contributed by atoms with Crippen molar-refractivity contribution in [3.05, 3.63) is 40.5 Å². The Morgan fingerprint density at radius 3 is 2.91 bits per heavy atom. The van der Waals surface area contributed by atoms with Crippen LogP contribution in [-0.2, 0) is 14.8 Å². The van der Waals surface area contributed by atoms with E-state index in [0.717, 1.165) is 11.3 Å². The first-order chi connectivity index (χ1) is 10.5. The lowest BCUT2D eigenvalue weighted by Crippen LogP contribution is -2.42. The van der Waals surface area contributed by atoms with Crippen molar-refractivity contribution in [2.45, 2.75) is 11.0 Å². The molecule has 1 fully saturated rings. The Morgan fingerprint density at radius 2 is 2.27 bits per heavy atom. The number of rotatable bonds is 4. The zero-order valence-electron chi connectivity index (χ0n) is 11.3. The molecule has 1 atom stereocenters. The van der Waals surface area contributed by atoms with Crippen LogP contribution in [0.3, 0.4) is 0 Å². The van der Waals surface area contributed by atoms with E-state index >= 15 is 0 Å². The first-order valence-corrected chi connectivity index (χ1v) is 8.77. The van der Waals surface area contributed by atoms with Crippen LogP contribution in [-0.4, -0.2) is 43.5 Å². The SMILES string of the molecule is O=C(O)c1cc(S(=O)(=O)N2CCOC(c3ccco3)C2)cs1. The van der Waals surface area contributed by atoms with E-state index in [2.05, 4.69) is 0 Å². The molecule has 1 saturated heterocycles. The van der Waals surface area contributed by atoms with Gasteiger partial charge < -0.3 is 14.3 Å². The van der Waals surface area contributed by atoms with Crippen LogP contribution < -0.4 is 0 Å². The molecule has 2 aromatic rings. The maximum Gasteiger partial charge on any atom is 0.345 e. The lowest BCUT2D eigenvalue weighted by molar-refractivity contribution is -0.0142. The Bertz CT molecular complexity index is 764. The molecule has 1 aliphatic heterocycles. The summed E-state index contributed by atoms with van der Waals surface area (Å²) in [6.45, 7) is 0.604. The Hall–Kier alpha value is -1.68. The van der Waals surface area contributed by atoms with Gasteiger partial charge in [0.05, 0.1) is 17.8 Å². The number of carboxylic acid groups (broad SMARTS) is 1. The highest BCUT2D eigenvalue weighted by Gasteiger charge is 2.33. The molecule has 2 aromatic heterocycles. The summed E-state index contributed by atoms with van der Waals surface area (Å²) in [7, 11) is -3.74. The largest absolute Gasteiger partial charge is 0.477 e. The zero-order chi connectivity index (χ0) is 15.7. The van der Waals surface area contributed by atoms with E-state index in [0.29, 0.717) is 5.76 Å². The molecule has 0 radical (unpaired) electrons. The van der Waals surface area contributed by atoms with Gasteiger partial charge in [-0.2, -0.15) is 4.31 Å². The summed E-state index contributed by atoms with van der Waals surface area (Å²) < 4.78 is 37.3. The van der Waals surface area contributed by atoms with E-state index < -0.39 is 22.1 Å². The van der Waals surface area contributed by atoms with Gasteiger partial charge in [0.25, 0.3) is 0 Å². The van der Waals surface area contributed by atoms with E-state index in [4.69, 9.17) is 14.3 Å². The first kappa shape index (κ1) is 15.2. The minimum Gasteiger partial charge on any atom is -0.477 e. The van der Waals surface area contributed by atoms with Gasteiger partial charge in [0.15, 0.2) is 0 Å². The molecule has 1 N–H and O–H groups in total. The number of furan rings is 1. The van der Waals surface area contributed by atoms with Crippen LogP contribution in [0.25, 0.3) is 0 Å². The van der Waals surface area contributed by atoms with Gasteiger partial charge in [-0.1, -0.05) is 0 Å². The van der Waals surface area contributed by atoms with Crippen molar-refractivity contribution in [1.29, 1.82) is 0 Å². The third-order valence-corrected chi connectivity index (χ3v) is 6.22. The number of carbonyl (C=O) groups is 1. The molecule has 0 amide bonds. The molecule has 0 aliphatic carbocycles. The van der Waals surface area contributed by atoms with Crippen LogP contribution in [0.2, 0.25) is 0 Å². The van der Waals surface area contributed by atoms with E-state index in [1.165, 1.54) is 22.0 Å². The van der Waals surface area contributed by atoms with Crippen molar-refractivity contribution in [1.82, 2.24) is 4.31 Å². The minimum absolute atomic E-state index is 0.00463. The van der Waals surface area contributed by atoms with Gasteiger partial charge in [0, 0.05) is 18.5 Å². The molecular formula is C13H13NO6S2. The molecule has 0 spiro atoms. The lowest BCUT2D eigenvalue weighted by atomic mass is 10.2. The normalized spacial score (nSPS) is 20.1. The van der Waals surface area contributed by atoms with Crippen LogP contribution in [0.4, 0.5) is 0 Å². The fraction of sp³-hybridized carbons (Fsp3) is 0.308. The summed E-state index contributed by atoms with van der Waals surface area (Å²) in [5, 5.41) is 10.3. The third kappa shape index (κ3) is 2.80. The van der Waals surface area contributed by atoms with Gasteiger partial charge in [0.1, 0.15) is 16.7 Å². The molecular weight excluding hydrogens is 330 g/mol. The summed E-state index contributed by atoms with van der Waals surface area (Å²) in [5.41, 5.74) is 0. The summed E-state index contributed by atoms with van der Waals surface area (Å²) >= 11 is 0.892. The van der Waals surface area contributed by atoms with Gasteiger partial charge in [-0.25, -0.2) is 13.2 Å². The third-order valence-electron chi connectivity index (χ3n) is 3.31. The van der Waals surface area contributed by atoms with E-state index in [1.54, 1.807) is 12.1 Å².